The average Bonchev–Trinajstić information content (AvgIpc) is 3.55. The van der Waals surface area contributed by atoms with Gasteiger partial charge in [0.15, 0.2) is 5.11 Å². The molecule has 1 fully saturated rings. The van der Waals surface area contributed by atoms with E-state index < -0.39 is 0 Å². The summed E-state index contributed by atoms with van der Waals surface area (Å²) in [7, 11) is 0. The first-order valence-electron chi connectivity index (χ1n) is 13.6. The molecular weight excluding hydrogens is 591 g/mol. The van der Waals surface area contributed by atoms with Crippen LogP contribution in [0.3, 0.4) is 0 Å². The smallest absolute Gasteiger partial charge is 0.231 e. The lowest BCUT2D eigenvalue weighted by Crippen LogP contribution is -2.24. The highest BCUT2D eigenvalue weighted by Gasteiger charge is 2.30. The summed E-state index contributed by atoms with van der Waals surface area (Å²) < 4.78 is 6.01. The minimum Gasteiger partial charge on any atom is -0.457 e. The van der Waals surface area contributed by atoms with Gasteiger partial charge in [0.25, 0.3) is 0 Å². The molecule has 0 aliphatic carbocycles. The van der Waals surface area contributed by atoms with Crippen LogP contribution in [-0.2, 0) is 0 Å². The molecule has 1 aliphatic heterocycles. The molecule has 2 unspecified atom stereocenters. The van der Waals surface area contributed by atoms with Crippen LogP contribution in [0.5, 0.6) is 0 Å². The molecule has 12 heteroatoms. The van der Waals surface area contributed by atoms with E-state index in [9.17, 15) is 0 Å². The van der Waals surface area contributed by atoms with E-state index in [1.807, 2.05) is 37.3 Å². The van der Waals surface area contributed by atoms with Gasteiger partial charge in [0.2, 0.25) is 5.95 Å². The lowest BCUT2D eigenvalue weighted by molar-refractivity contribution is 0.343. The molecule has 0 saturated carbocycles. The number of amidine groups is 1. The summed E-state index contributed by atoms with van der Waals surface area (Å²) in [5.41, 5.74) is 8.61. The predicted octanol–water partition coefficient (Wildman–Crippen LogP) is 6.62. The zero-order valence-corrected chi connectivity index (χ0v) is 25.6. The molecule has 5 rings (SSSR count). The molecular formula is C30H32Cl2N8OS. The van der Waals surface area contributed by atoms with E-state index in [1.165, 1.54) is 0 Å². The summed E-state index contributed by atoms with van der Waals surface area (Å²) in [6, 6.07) is 14.6. The van der Waals surface area contributed by atoms with Gasteiger partial charge >= 0.3 is 0 Å². The highest BCUT2D eigenvalue weighted by atomic mass is 35.5. The topological polar surface area (TPSA) is 128 Å². The Kier molecular flexibility index (Phi) is 9.27. The zero-order valence-electron chi connectivity index (χ0n) is 23.2. The molecule has 218 valence electrons. The van der Waals surface area contributed by atoms with E-state index in [-0.39, 0.29) is 5.84 Å². The maximum atomic E-state index is 7.67. The largest absolute Gasteiger partial charge is 0.457 e. The van der Waals surface area contributed by atoms with Crippen molar-refractivity contribution in [1.82, 2.24) is 14.9 Å². The lowest BCUT2D eigenvalue weighted by atomic mass is 9.95. The maximum Gasteiger partial charge on any atom is 0.231 e. The number of likely N-dealkylation sites (tertiary alicyclic amines) is 1. The van der Waals surface area contributed by atoms with Gasteiger partial charge in [-0.25, -0.2) is 4.98 Å². The van der Waals surface area contributed by atoms with Gasteiger partial charge in [-0.2, -0.15) is 4.98 Å². The second-order valence-corrected chi connectivity index (χ2v) is 11.5. The average molecular weight is 624 g/mol. The Labute approximate surface area is 260 Å². The van der Waals surface area contributed by atoms with Gasteiger partial charge in [-0.15, -0.1) is 0 Å². The maximum absolute atomic E-state index is 7.67. The van der Waals surface area contributed by atoms with E-state index in [0.717, 1.165) is 54.4 Å². The fourth-order valence-electron chi connectivity index (χ4n) is 5.00. The summed E-state index contributed by atoms with van der Waals surface area (Å²) >= 11 is 17.6. The van der Waals surface area contributed by atoms with E-state index in [2.05, 4.69) is 43.8 Å². The Morgan fingerprint density at radius 1 is 1.12 bits per heavy atom. The molecule has 0 amide bonds. The van der Waals surface area contributed by atoms with E-state index in [0.29, 0.717) is 44.2 Å². The number of furan rings is 1. The van der Waals surface area contributed by atoms with Crippen LogP contribution in [0, 0.1) is 24.2 Å². The van der Waals surface area contributed by atoms with Crippen LogP contribution in [0.25, 0.3) is 17.0 Å². The molecule has 3 heterocycles. The minimum atomic E-state index is 0.0422. The number of rotatable bonds is 9. The number of aromatic nitrogens is 2. The lowest BCUT2D eigenvalue weighted by Gasteiger charge is -2.17. The van der Waals surface area contributed by atoms with Gasteiger partial charge in [0.05, 0.1) is 10.0 Å². The standard InChI is InChI=1S/C30H32Cl2N8OS/c1-3-40-15-19(4-7-23-12-20-11-18(28(33)34)5-9-26(20)41-23)21(16-40)14-35-27-10-17(2)36-29(38-27)39-30(42)37-22-6-8-24(31)25(32)13-22/h4-13,19,21H,3,14-16H2,1-2H3,(H3,33,34)(H3,35,36,37,38,39,42)/b7-4+. The highest BCUT2D eigenvalue weighted by Crippen LogP contribution is 2.28. The number of fused-ring (bicyclic) bond motifs is 1. The highest BCUT2D eigenvalue weighted by molar-refractivity contribution is 7.80. The first-order valence-corrected chi connectivity index (χ1v) is 14.7. The second kappa shape index (κ2) is 13.1. The second-order valence-electron chi connectivity index (χ2n) is 10.3. The van der Waals surface area contributed by atoms with E-state index in [1.54, 1.807) is 24.3 Å². The number of nitrogens with two attached hydrogens (primary N) is 1. The molecule has 2 atom stereocenters. The van der Waals surface area contributed by atoms with Crippen LogP contribution in [0.15, 0.2) is 59.0 Å². The molecule has 0 bridgehead atoms. The molecule has 2 aromatic heterocycles. The summed E-state index contributed by atoms with van der Waals surface area (Å²) in [5.74, 6) is 2.64. The molecule has 2 aromatic carbocycles. The third-order valence-electron chi connectivity index (χ3n) is 7.17. The quantitative estimate of drug-likeness (QED) is 0.0794. The summed E-state index contributed by atoms with van der Waals surface area (Å²) in [4.78, 5) is 11.6. The van der Waals surface area contributed by atoms with Crippen LogP contribution in [0.1, 0.15) is 23.9 Å². The third kappa shape index (κ3) is 7.38. The van der Waals surface area contributed by atoms with Crippen LogP contribution in [0.2, 0.25) is 10.0 Å². The van der Waals surface area contributed by atoms with Crippen molar-refractivity contribution in [3.05, 3.63) is 81.7 Å². The van der Waals surface area contributed by atoms with Crippen LogP contribution >= 0.6 is 35.4 Å². The third-order valence-corrected chi connectivity index (χ3v) is 8.11. The molecule has 1 aliphatic rings. The van der Waals surface area contributed by atoms with Crippen LogP contribution in [0.4, 0.5) is 17.5 Å². The number of halogens is 2. The van der Waals surface area contributed by atoms with Gasteiger partial charge < -0.3 is 31.0 Å². The van der Waals surface area contributed by atoms with Gasteiger partial charge in [-0.1, -0.05) is 36.2 Å². The van der Waals surface area contributed by atoms with Crippen molar-refractivity contribution >= 4 is 80.9 Å². The molecule has 0 radical (unpaired) electrons. The number of nitrogens with one attached hydrogen (secondary N) is 4. The van der Waals surface area contributed by atoms with Crippen molar-refractivity contribution in [2.45, 2.75) is 13.8 Å². The van der Waals surface area contributed by atoms with Crippen molar-refractivity contribution in [1.29, 1.82) is 5.41 Å². The van der Waals surface area contributed by atoms with Gasteiger partial charge in [-0.05, 0) is 86.1 Å². The first kappa shape index (κ1) is 29.8. The van der Waals surface area contributed by atoms with Gasteiger partial charge in [0, 0.05) is 48.0 Å². The molecule has 9 nitrogen and oxygen atoms in total. The fourth-order valence-corrected chi connectivity index (χ4v) is 5.51. The van der Waals surface area contributed by atoms with E-state index in [4.69, 9.17) is 51.0 Å². The SMILES string of the molecule is CCN1CC(/C=C/c2cc3cc(C(=N)N)ccc3o2)C(CNc2cc(C)nc(NC(=S)Nc3ccc(Cl)c(Cl)c3)n2)C1. The van der Waals surface area contributed by atoms with Crippen LogP contribution < -0.4 is 21.7 Å². The van der Waals surface area contributed by atoms with Crippen molar-refractivity contribution in [2.24, 2.45) is 17.6 Å². The Morgan fingerprint density at radius 3 is 2.71 bits per heavy atom. The predicted molar refractivity (Wildman–Crippen MR) is 177 cm³/mol. The van der Waals surface area contributed by atoms with Crippen molar-refractivity contribution in [2.75, 3.05) is 42.1 Å². The molecule has 1 saturated heterocycles. The Bertz CT molecular complexity index is 1660. The number of thiocarbonyl (C=S) groups is 1. The monoisotopic (exact) mass is 622 g/mol. The Morgan fingerprint density at radius 2 is 1.95 bits per heavy atom. The molecule has 0 spiro atoms. The first-order chi connectivity index (χ1) is 20.2. The summed E-state index contributed by atoms with van der Waals surface area (Å²) in [5, 5.41) is 19.5. The number of hydrogen-bond acceptors (Lipinski definition) is 7. The van der Waals surface area contributed by atoms with Gasteiger partial charge in [-0.3, -0.25) is 5.41 Å². The molecule has 6 N–H and O–H groups in total. The number of anilines is 3. The number of aryl methyl sites for hydroxylation is 1. The summed E-state index contributed by atoms with van der Waals surface area (Å²) in [6.07, 6.45) is 4.28. The van der Waals surface area contributed by atoms with Gasteiger partial charge in [0.1, 0.15) is 23.0 Å². The molecule has 42 heavy (non-hydrogen) atoms. The van der Waals surface area contributed by atoms with E-state index >= 15 is 0 Å². The van der Waals surface area contributed by atoms with Crippen LogP contribution in [-0.4, -0.2) is 52.0 Å². The van der Waals surface area contributed by atoms with Crippen molar-refractivity contribution in [3.8, 4) is 0 Å². The Hall–Kier alpha value is -3.70. The molecule has 4 aromatic rings. The summed E-state index contributed by atoms with van der Waals surface area (Å²) in [6.45, 7) is 7.79. The number of nitrogen functional groups attached to an aromatic ring is 1. The normalized spacial score (nSPS) is 17.1. The fraction of sp³-hybridized carbons (Fsp3) is 0.267. The van der Waals surface area contributed by atoms with Crippen molar-refractivity contribution in [3.63, 3.8) is 0 Å². The Balaban J connectivity index is 1.23. The number of nitrogens with zero attached hydrogens (tertiary/aromatic N) is 3. The van der Waals surface area contributed by atoms with Crippen molar-refractivity contribution < 1.29 is 4.42 Å². The zero-order chi connectivity index (χ0) is 29.8. The number of benzene rings is 2. The number of hydrogen-bond donors (Lipinski definition) is 5. The minimum absolute atomic E-state index is 0.0422.